The number of hydrogen-bond acceptors (Lipinski definition) is 4. The highest BCUT2D eigenvalue weighted by Crippen LogP contribution is 2.22. The second kappa shape index (κ2) is 5.76. The van der Waals surface area contributed by atoms with Gasteiger partial charge in [-0.05, 0) is 24.3 Å². The minimum absolute atomic E-state index is 0.256. The molecule has 3 aromatic rings. The summed E-state index contributed by atoms with van der Waals surface area (Å²) in [6.45, 7) is 0. The van der Waals surface area contributed by atoms with Crippen molar-refractivity contribution in [3.8, 4) is 11.3 Å². The van der Waals surface area contributed by atoms with Gasteiger partial charge in [-0.15, -0.1) is 0 Å². The van der Waals surface area contributed by atoms with Crippen molar-refractivity contribution in [2.45, 2.75) is 0 Å². The first kappa shape index (κ1) is 13.3. The maximum Gasteiger partial charge on any atom is 0.255 e. The van der Waals surface area contributed by atoms with Crippen molar-refractivity contribution in [2.75, 3.05) is 5.32 Å². The number of benzene rings is 1. The highest BCUT2D eigenvalue weighted by Gasteiger charge is 2.08. The van der Waals surface area contributed by atoms with Gasteiger partial charge in [0.15, 0.2) is 12.2 Å². The summed E-state index contributed by atoms with van der Waals surface area (Å²) in [5, 5.41) is 3.08. The Kier molecular flexibility index (Phi) is 3.66. The topological polar surface area (TPSA) is 68.0 Å². The van der Waals surface area contributed by atoms with Gasteiger partial charge in [0, 0.05) is 23.0 Å². The third-order valence-electron chi connectivity index (χ3n) is 2.83. The number of rotatable bonds is 3. The molecule has 1 amide bonds. The van der Waals surface area contributed by atoms with Crippen molar-refractivity contribution in [2.24, 2.45) is 0 Å². The predicted octanol–water partition coefficient (Wildman–Crippen LogP) is 3.64. The molecule has 2 heterocycles. The van der Waals surface area contributed by atoms with E-state index in [2.05, 4.69) is 15.3 Å². The Balaban J connectivity index is 1.82. The number of carbonyl (C=O) groups is 1. The summed E-state index contributed by atoms with van der Waals surface area (Å²) in [6.07, 6.45) is 4.46. The molecule has 0 bridgehead atoms. The van der Waals surface area contributed by atoms with Gasteiger partial charge in [0.05, 0.1) is 6.20 Å². The van der Waals surface area contributed by atoms with Crippen LogP contribution in [0.15, 0.2) is 59.6 Å². The minimum Gasteiger partial charge on any atom is -0.444 e. The third-order valence-corrected chi connectivity index (χ3v) is 3.03. The Bertz CT molecular complexity index is 772. The van der Waals surface area contributed by atoms with E-state index < -0.39 is 0 Å². The van der Waals surface area contributed by atoms with E-state index in [1.54, 1.807) is 24.4 Å². The van der Waals surface area contributed by atoms with Crippen LogP contribution in [-0.4, -0.2) is 15.9 Å². The van der Waals surface area contributed by atoms with Crippen molar-refractivity contribution in [3.63, 3.8) is 0 Å². The molecule has 5 nitrogen and oxygen atoms in total. The molecule has 0 spiro atoms. The standard InChI is InChI=1S/C15H10ClN3O2/c16-14-7-11(4-5-18-14)15(20)19-12-3-1-2-10(6-12)13-8-17-9-21-13/h1-9H,(H,19,20). The molecule has 0 saturated carbocycles. The summed E-state index contributed by atoms with van der Waals surface area (Å²) in [5.41, 5.74) is 1.93. The fraction of sp³-hybridized carbons (Fsp3) is 0. The third kappa shape index (κ3) is 3.09. The molecule has 6 heteroatoms. The summed E-state index contributed by atoms with van der Waals surface area (Å²) in [4.78, 5) is 19.8. The molecule has 1 aromatic carbocycles. The lowest BCUT2D eigenvalue weighted by Gasteiger charge is -2.06. The van der Waals surface area contributed by atoms with Gasteiger partial charge in [0.2, 0.25) is 0 Å². The van der Waals surface area contributed by atoms with Crippen LogP contribution in [-0.2, 0) is 0 Å². The number of amides is 1. The largest absolute Gasteiger partial charge is 0.444 e. The van der Waals surface area contributed by atoms with E-state index in [1.165, 1.54) is 18.7 Å². The predicted molar refractivity (Wildman–Crippen MR) is 79.1 cm³/mol. The van der Waals surface area contributed by atoms with Gasteiger partial charge in [-0.2, -0.15) is 0 Å². The summed E-state index contributed by atoms with van der Waals surface area (Å²) in [6, 6.07) is 10.4. The second-order valence-electron chi connectivity index (χ2n) is 4.27. The van der Waals surface area contributed by atoms with Crippen LogP contribution in [0.4, 0.5) is 5.69 Å². The molecule has 0 radical (unpaired) electrons. The van der Waals surface area contributed by atoms with E-state index >= 15 is 0 Å². The maximum absolute atomic E-state index is 12.1. The zero-order valence-corrected chi connectivity index (χ0v) is 11.5. The molecule has 0 fully saturated rings. The van der Waals surface area contributed by atoms with Crippen molar-refractivity contribution >= 4 is 23.2 Å². The first-order valence-electron chi connectivity index (χ1n) is 6.14. The number of halogens is 1. The Morgan fingerprint density at radius 2 is 2.14 bits per heavy atom. The van der Waals surface area contributed by atoms with Gasteiger partial charge in [0.1, 0.15) is 5.15 Å². The average Bonchev–Trinajstić information content (AvgIpc) is 3.02. The smallest absolute Gasteiger partial charge is 0.255 e. The number of nitrogens with one attached hydrogen (secondary N) is 1. The van der Waals surface area contributed by atoms with Crippen LogP contribution >= 0.6 is 11.6 Å². The molecular formula is C15H10ClN3O2. The highest BCUT2D eigenvalue weighted by molar-refractivity contribution is 6.29. The number of aromatic nitrogens is 2. The molecule has 0 aliphatic heterocycles. The lowest BCUT2D eigenvalue weighted by atomic mass is 10.1. The number of oxazole rings is 1. The Hall–Kier alpha value is -2.66. The van der Waals surface area contributed by atoms with Crippen LogP contribution in [0, 0.1) is 0 Å². The fourth-order valence-electron chi connectivity index (χ4n) is 1.86. The molecule has 2 aromatic heterocycles. The lowest BCUT2D eigenvalue weighted by molar-refractivity contribution is 0.102. The van der Waals surface area contributed by atoms with Crippen LogP contribution in [0.25, 0.3) is 11.3 Å². The Labute approximate surface area is 125 Å². The number of pyridine rings is 1. The molecule has 1 N–H and O–H groups in total. The lowest BCUT2D eigenvalue weighted by Crippen LogP contribution is -2.11. The van der Waals surface area contributed by atoms with Crippen LogP contribution < -0.4 is 5.32 Å². The summed E-state index contributed by atoms with van der Waals surface area (Å²) < 4.78 is 5.23. The summed E-state index contributed by atoms with van der Waals surface area (Å²) >= 11 is 5.77. The van der Waals surface area contributed by atoms with Crippen LogP contribution in [0.1, 0.15) is 10.4 Å². The van der Waals surface area contributed by atoms with Gasteiger partial charge in [-0.25, -0.2) is 9.97 Å². The van der Waals surface area contributed by atoms with E-state index in [1.807, 2.05) is 12.1 Å². The molecular weight excluding hydrogens is 290 g/mol. The molecule has 0 unspecified atom stereocenters. The summed E-state index contributed by atoms with van der Waals surface area (Å²) in [5.74, 6) is 0.382. The van der Waals surface area contributed by atoms with Gasteiger partial charge >= 0.3 is 0 Å². The number of carbonyl (C=O) groups excluding carboxylic acids is 1. The van der Waals surface area contributed by atoms with Gasteiger partial charge in [-0.3, -0.25) is 4.79 Å². The van der Waals surface area contributed by atoms with Crippen molar-refractivity contribution in [3.05, 3.63) is 65.9 Å². The van der Waals surface area contributed by atoms with Crippen LogP contribution in [0.2, 0.25) is 5.15 Å². The quantitative estimate of drug-likeness (QED) is 0.750. The van der Waals surface area contributed by atoms with Gasteiger partial charge in [0.25, 0.3) is 5.91 Å². The molecule has 0 aliphatic carbocycles. The molecule has 21 heavy (non-hydrogen) atoms. The fourth-order valence-corrected chi connectivity index (χ4v) is 2.03. The average molecular weight is 300 g/mol. The zero-order valence-electron chi connectivity index (χ0n) is 10.8. The molecule has 0 aliphatic rings. The van der Waals surface area contributed by atoms with Crippen LogP contribution in [0.5, 0.6) is 0 Å². The highest BCUT2D eigenvalue weighted by atomic mass is 35.5. The van der Waals surface area contributed by atoms with Crippen LogP contribution in [0.3, 0.4) is 0 Å². The number of anilines is 1. The zero-order chi connectivity index (χ0) is 14.7. The SMILES string of the molecule is O=C(Nc1cccc(-c2cnco2)c1)c1ccnc(Cl)c1. The molecule has 3 rings (SSSR count). The van der Waals surface area contributed by atoms with E-state index in [9.17, 15) is 4.79 Å². The van der Waals surface area contributed by atoms with E-state index in [0.29, 0.717) is 17.0 Å². The van der Waals surface area contributed by atoms with Crippen molar-refractivity contribution in [1.29, 1.82) is 0 Å². The second-order valence-corrected chi connectivity index (χ2v) is 4.66. The number of nitrogens with zero attached hydrogens (tertiary/aromatic N) is 2. The van der Waals surface area contributed by atoms with E-state index in [4.69, 9.17) is 16.0 Å². The van der Waals surface area contributed by atoms with E-state index in [-0.39, 0.29) is 11.1 Å². The molecule has 104 valence electrons. The monoisotopic (exact) mass is 299 g/mol. The van der Waals surface area contributed by atoms with Gasteiger partial charge in [-0.1, -0.05) is 23.7 Å². The first-order chi connectivity index (χ1) is 10.2. The normalized spacial score (nSPS) is 10.3. The minimum atomic E-state index is -0.256. The van der Waals surface area contributed by atoms with Gasteiger partial charge < -0.3 is 9.73 Å². The summed E-state index contributed by atoms with van der Waals surface area (Å²) in [7, 11) is 0. The number of hydrogen-bond donors (Lipinski definition) is 1. The maximum atomic E-state index is 12.1. The van der Waals surface area contributed by atoms with Crippen molar-refractivity contribution in [1.82, 2.24) is 9.97 Å². The molecule has 0 atom stereocenters. The first-order valence-corrected chi connectivity index (χ1v) is 6.52. The van der Waals surface area contributed by atoms with Crippen molar-refractivity contribution < 1.29 is 9.21 Å². The van der Waals surface area contributed by atoms with E-state index in [0.717, 1.165) is 5.56 Å². The Morgan fingerprint density at radius 3 is 2.90 bits per heavy atom. The Morgan fingerprint density at radius 1 is 1.24 bits per heavy atom. The molecule has 0 saturated heterocycles.